The molecule has 5 nitrogen and oxygen atoms in total. The number of likely N-dealkylation sites (tertiary alicyclic amines) is 1. The largest absolute Gasteiger partial charge is 0.383 e. The van der Waals surface area contributed by atoms with Crippen LogP contribution in [0.1, 0.15) is 13.3 Å². The lowest BCUT2D eigenvalue weighted by molar-refractivity contribution is -0.141. The summed E-state index contributed by atoms with van der Waals surface area (Å²) in [4.78, 5) is 24.9. The predicted octanol–water partition coefficient (Wildman–Crippen LogP) is -0.384. The summed E-state index contributed by atoms with van der Waals surface area (Å²) in [6.07, 6.45) is 0.768. The van der Waals surface area contributed by atoms with Gasteiger partial charge >= 0.3 is 0 Å². The molecule has 1 aliphatic carbocycles. The Bertz CT molecular complexity index is 280. The van der Waals surface area contributed by atoms with E-state index in [0.717, 1.165) is 13.0 Å². The number of ether oxygens (including phenoxy) is 1. The van der Waals surface area contributed by atoms with Gasteiger partial charge in [-0.2, -0.15) is 0 Å². The van der Waals surface area contributed by atoms with E-state index < -0.39 is 0 Å². The van der Waals surface area contributed by atoms with Crippen LogP contribution in [0.4, 0.5) is 0 Å². The van der Waals surface area contributed by atoms with Crippen molar-refractivity contribution in [3.8, 4) is 0 Å². The third kappa shape index (κ3) is 1.97. The topological polar surface area (TPSA) is 58.6 Å². The third-order valence-corrected chi connectivity index (χ3v) is 3.22. The number of nitrogens with zero attached hydrogens (tertiary/aromatic N) is 1. The minimum Gasteiger partial charge on any atom is -0.383 e. The van der Waals surface area contributed by atoms with Gasteiger partial charge in [0.2, 0.25) is 11.8 Å². The lowest BCUT2D eigenvalue weighted by atomic mass is 10.2. The second kappa shape index (κ2) is 4.51. The van der Waals surface area contributed by atoms with Crippen LogP contribution in [0, 0.1) is 11.8 Å². The van der Waals surface area contributed by atoms with E-state index in [2.05, 4.69) is 5.32 Å². The SMILES string of the molecule is CCNC(COC)CN1C(=O)C2CC2C1=O. The Morgan fingerprint density at radius 3 is 2.56 bits per heavy atom. The van der Waals surface area contributed by atoms with Crippen molar-refractivity contribution in [2.24, 2.45) is 11.8 Å². The molecule has 0 aromatic carbocycles. The van der Waals surface area contributed by atoms with E-state index >= 15 is 0 Å². The quantitative estimate of drug-likeness (QED) is 0.627. The van der Waals surface area contributed by atoms with Crippen LogP contribution in [0.5, 0.6) is 0 Å². The van der Waals surface area contributed by atoms with Crippen molar-refractivity contribution in [2.75, 3.05) is 26.8 Å². The highest BCUT2D eigenvalue weighted by Crippen LogP contribution is 2.46. The maximum Gasteiger partial charge on any atom is 0.233 e. The van der Waals surface area contributed by atoms with Crippen LogP contribution < -0.4 is 5.32 Å². The van der Waals surface area contributed by atoms with Gasteiger partial charge in [-0.05, 0) is 13.0 Å². The maximum atomic E-state index is 11.7. The molecule has 0 aromatic rings. The van der Waals surface area contributed by atoms with E-state index in [4.69, 9.17) is 4.74 Å². The van der Waals surface area contributed by atoms with Gasteiger partial charge in [0, 0.05) is 19.7 Å². The number of likely N-dealkylation sites (N-methyl/N-ethyl adjacent to an activating group) is 1. The highest BCUT2D eigenvalue weighted by molar-refractivity contribution is 6.08. The summed E-state index contributed by atoms with van der Waals surface area (Å²) < 4.78 is 5.06. The summed E-state index contributed by atoms with van der Waals surface area (Å²) in [5.41, 5.74) is 0. The number of nitrogens with one attached hydrogen (secondary N) is 1. The number of imide groups is 1. The molecule has 1 saturated heterocycles. The molecule has 1 heterocycles. The molecule has 1 aliphatic heterocycles. The van der Waals surface area contributed by atoms with Gasteiger partial charge in [0.15, 0.2) is 0 Å². The number of hydrogen-bond donors (Lipinski definition) is 1. The molecule has 1 saturated carbocycles. The predicted molar refractivity (Wildman–Crippen MR) is 57.7 cm³/mol. The minimum absolute atomic E-state index is 0.00248. The van der Waals surface area contributed by atoms with Crippen molar-refractivity contribution in [2.45, 2.75) is 19.4 Å². The number of carbonyl (C=O) groups is 2. The highest BCUT2D eigenvalue weighted by atomic mass is 16.5. The smallest absolute Gasteiger partial charge is 0.233 e. The highest BCUT2D eigenvalue weighted by Gasteiger charge is 2.58. The van der Waals surface area contributed by atoms with Gasteiger partial charge < -0.3 is 10.1 Å². The Morgan fingerprint density at radius 1 is 1.44 bits per heavy atom. The molecule has 0 bridgehead atoms. The first-order chi connectivity index (χ1) is 7.69. The maximum absolute atomic E-state index is 11.7. The number of rotatable bonds is 6. The number of carbonyl (C=O) groups excluding carboxylic acids is 2. The van der Waals surface area contributed by atoms with E-state index in [9.17, 15) is 9.59 Å². The fraction of sp³-hybridized carbons (Fsp3) is 0.818. The summed E-state index contributed by atoms with van der Waals surface area (Å²) in [6, 6.07) is 0.0420. The van der Waals surface area contributed by atoms with Gasteiger partial charge in [0.25, 0.3) is 0 Å². The fourth-order valence-corrected chi connectivity index (χ4v) is 2.32. The fourth-order valence-electron chi connectivity index (χ4n) is 2.32. The van der Waals surface area contributed by atoms with Gasteiger partial charge in [-0.3, -0.25) is 14.5 Å². The third-order valence-electron chi connectivity index (χ3n) is 3.22. The molecule has 5 heteroatoms. The average Bonchev–Trinajstić information content (AvgIpc) is 3.00. The summed E-state index contributed by atoms with van der Waals surface area (Å²) in [6.45, 7) is 3.75. The molecule has 0 radical (unpaired) electrons. The molecular formula is C11H18N2O3. The minimum atomic E-state index is -0.00248. The number of fused-ring (bicyclic) bond motifs is 1. The van der Waals surface area contributed by atoms with Crippen LogP contribution in [-0.4, -0.2) is 49.6 Å². The molecule has 90 valence electrons. The Balaban J connectivity index is 1.92. The second-order valence-corrected chi connectivity index (χ2v) is 4.45. The average molecular weight is 226 g/mol. The van der Waals surface area contributed by atoms with Crippen LogP contribution in [0.15, 0.2) is 0 Å². The van der Waals surface area contributed by atoms with Crippen LogP contribution >= 0.6 is 0 Å². The number of amides is 2. The van der Waals surface area contributed by atoms with Gasteiger partial charge in [-0.25, -0.2) is 0 Å². The van der Waals surface area contributed by atoms with Crippen molar-refractivity contribution in [1.82, 2.24) is 10.2 Å². The van der Waals surface area contributed by atoms with Crippen LogP contribution in [-0.2, 0) is 14.3 Å². The zero-order chi connectivity index (χ0) is 11.7. The van der Waals surface area contributed by atoms with E-state index in [1.54, 1.807) is 7.11 Å². The van der Waals surface area contributed by atoms with Crippen molar-refractivity contribution in [3.05, 3.63) is 0 Å². The first-order valence-electron chi connectivity index (χ1n) is 5.76. The van der Waals surface area contributed by atoms with Gasteiger partial charge in [0.1, 0.15) is 0 Å². The molecule has 2 rings (SSSR count). The molecule has 2 fully saturated rings. The zero-order valence-corrected chi connectivity index (χ0v) is 9.73. The van der Waals surface area contributed by atoms with Crippen molar-refractivity contribution in [1.29, 1.82) is 0 Å². The lowest BCUT2D eigenvalue weighted by Gasteiger charge is -2.23. The molecule has 2 aliphatic rings. The number of methoxy groups -OCH3 is 1. The Morgan fingerprint density at radius 2 is 2.06 bits per heavy atom. The van der Waals surface area contributed by atoms with Crippen LogP contribution in [0.2, 0.25) is 0 Å². The van der Waals surface area contributed by atoms with E-state index in [1.165, 1.54) is 4.90 Å². The Hall–Kier alpha value is -0.940. The Labute approximate surface area is 95.1 Å². The van der Waals surface area contributed by atoms with Gasteiger partial charge in [0.05, 0.1) is 18.4 Å². The summed E-state index contributed by atoms with van der Waals surface area (Å²) in [5, 5.41) is 3.21. The normalized spacial score (nSPS) is 29.5. The van der Waals surface area contributed by atoms with E-state index in [0.29, 0.717) is 13.2 Å². The summed E-state index contributed by atoms with van der Waals surface area (Å²) in [7, 11) is 1.62. The first-order valence-corrected chi connectivity index (χ1v) is 5.76. The molecule has 2 amide bonds. The van der Waals surface area contributed by atoms with Crippen molar-refractivity contribution < 1.29 is 14.3 Å². The number of hydrogen-bond acceptors (Lipinski definition) is 4. The van der Waals surface area contributed by atoms with E-state index in [1.807, 2.05) is 6.92 Å². The summed E-state index contributed by atoms with van der Waals surface area (Å²) >= 11 is 0. The zero-order valence-electron chi connectivity index (χ0n) is 9.73. The van der Waals surface area contributed by atoms with Crippen LogP contribution in [0.25, 0.3) is 0 Å². The molecule has 3 atom stereocenters. The Kier molecular flexibility index (Phi) is 3.25. The molecular weight excluding hydrogens is 208 g/mol. The second-order valence-electron chi connectivity index (χ2n) is 4.45. The van der Waals surface area contributed by atoms with Gasteiger partial charge in [-0.1, -0.05) is 6.92 Å². The van der Waals surface area contributed by atoms with Crippen molar-refractivity contribution in [3.63, 3.8) is 0 Å². The molecule has 1 N–H and O–H groups in total. The van der Waals surface area contributed by atoms with Gasteiger partial charge in [-0.15, -0.1) is 0 Å². The van der Waals surface area contributed by atoms with E-state index in [-0.39, 0.29) is 29.7 Å². The lowest BCUT2D eigenvalue weighted by Crippen LogP contribution is -2.46. The molecule has 3 unspecified atom stereocenters. The first kappa shape index (κ1) is 11.5. The molecule has 16 heavy (non-hydrogen) atoms. The molecule has 0 aromatic heterocycles. The summed E-state index contributed by atoms with van der Waals surface area (Å²) in [5.74, 6) is 0.0117. The molecule has 0 spiro atoms. The monoisotopic (exact) mass is 226 g/mol. The number of piperidine rings is 1. The standard InChI is InChI=1S/C11H18N2O3/c1-3-12-7(6-16-2)5-13-10(14)8-4-9(8)11(13)15/h7-9,12H,3-6H2,1-2H3. The van der Waals surface area contributed by atoms with Crippen molar-refractivity contribution >= 4 is 11.8 Å². The van der Waals surface area contributed by atoms with Crippen LogP contribution in [0.3, 0.4) is 0 Å².